The van der Waals surface area contributed by atoms with Crippen LogP contribution in [0.2, 0.25) is 0 Å². The number of aryl methyl sites for hydroxylation is 1. The average Bonchev–Trinajstić information content (AvgIpc) is 2.55. The molecule has 1 aliphatic rings. The van der Waals surface area contributed by atoms with Gasteiger partial charge < -0.3 is 15.5 Å². The summed E-state index contributed by atoms with van der Waals surface area (Å²) in [5.74, 6) is 0.656. The van der Waals surface area contributed by atoms with Gasteiger partial charge in [0.1, 0.15) is 5.82 Å². The Kier molecular flexibility index (Phi) is 6.39. The number of nitrogens with zero attached hydrogens (tertiary/aromatic N) is 2. The van der Waals surface area contributed by atoms with Crippen LogP contribution in [-0.2, 0) is 6.54 Å². The van der Waals surface area contributed by atoms with Crippen molar-refractivity contribution >= 4 is 5.96 Å². The van der Waals surface area contributed by atoms with Crippen molar-refractivity contribution in [3.8, 4) is 0 Å². The van der Waals surface area contributed by atoms with Crippen LogP contribution in [0, 0.1) is 12.7 Å². The second-order valence-electron chi connectivity index (χ2n) is 6.56. The van der Waals surface area contributed by atoms with E-state index in [0.717, 1.165) is 37.5 Å². The fourth-order valence-corrected chi connectivity index (χ4v) is 2.95. The zero-order valence-corrected chi connectivity index (χ0v) is 14.7. The Morgan fingerprint density at radius 1 is 1.35 bits per heavy atom. The normalized spacial score (nSPS) is 17.6. The summed E-state index contributed by atoms with van der Waals surface area (Å²) in [4.78, 5) is 6.81. The maximum atomic E-state index is 13.3. The molecule has 0 saturated carbocycles. The Bertz CT molecular complexity index is 534. The summed E-state index contributed by atoms with van der Waals surface area (Å²) in [6.45, 7) is 9.19. The van der Waals surface area contributed by atoms with Crippen LogP contribution in [0.1, 0.15) is 37.8 Å². The number of aliphatic imine (C=N–C) groups is 1. The van der Waals surface area contributed by atoms with E-state index in [1.807, 2.05) is 12.1 Å². The first-order valence-electron chi connectivity index (χ1n) is 8.46. The maximum absolute atomic E-state index is 13.3. The number of benzene rings is 1. The van der Waals surface area contributed by atoms with E-state index in [9.17, 15) is 4.39 Å². The molecule has 1 heterocycles. The fourth-order valence-electron chi connectivity index (χ4n) is 2.95. The number of rotatable bonds is 4. The number of halogens is 1. The monoisotopic (exact) mass is 320 g/mol. The minimum Gasteiger partial charge on any atom is -0.354 e. The molecule has 2 rings (SSSR count). The molecule has 2 N–H and O–H groups in total. The van der Waals surface area contributed by atoms with Crippen molar-refractivity contribution < 1.29 is 4.39 Å². The summed E-state index contributed by atoms with van der Waals surface area (Å²) in [6.07, 6.45) is 2.27. The Hall–Kier alpha value is -1.62. The molecule has 1 aliphatic heterocycles. The van der Waals surface area contributed by atoms with Crippen LogP contribution in [0.5, 0.6) is 0 Å². The molecule has 23 heavy (non-hydrogen) atoms. The predicted molar refractivity (Wildman–Crippen MR) is 94.2 cm³/mol. The Balaban J connectivity index is 1.81. The van der Waals surface area contributed by atoms with E-state index in [0.29, 0.717) is 24.2 Å². The van der Waals surface area contributed by atoms with E-state index >= 15 is 0 Å². The van der Waals surface area contributed by atoms with Gasteiger partial charge in [0, 0.05) is 38.8 Å². The number of guanidine groups is 1. The molecular formula is C18H29FN4. The molecule has 1 aromatic carbocycles. The molecule has 5 heteroatoms. The highest BCUT2D eigenvalue weighted by atomic mass is 19.1. The summed E-state index contributed by atoms with van der Waals surface area (Å²) < 4.78 is 13.3. The van der Waals surface area contributed by atoms with E-state index in [1.165, 1.54) is 6.07 Å². The zero-order valence-electron chi connectivity index (χ0n) is 14.7. The van der Waals surface area contributed by atoms with Gasteiger partial charge >= 0.3 is 0 Å². The van der Waals surface area contributed by atoms with E-state index < -0.39 is 0 Å². The smallest absolute Gasteiger partial charge is 0.191 e. The minimum absolute atomic E-state index is 0.159. The topological polar surface area (TPSA) is 39.7 Å². The van der Waals surface area contributed by atoms with Crippen molar-refractivity contribution in [3.05, 3.63) is 35.1 Å². The van der Waals surface area contributed by atoms with Gasteiger partial charge in [-0.05, 0) is 50.8 Å². The van der Waals surface area contributed by atoms with E-state index in [1.54, 1.807) is 14.0 Å². The van der Waals surface area contributed by atoms with Crippen molar-refractivity contribution in [1.82, 2.24) is 15.5 Å². The Labute approximate surface area is 139 Å². The molecule has 0 atom stereocenters. The third-order valence-electron chi connectivity index (χ3n) is 4.51. The van der Waals surface area contributed by atoms with Crippen LogP contribution in [-0.4, -0.2) is 43.1 Å². The third-order valence-corrected chi connectivity index (χ3v) is 4.51. The van der Waals surface area contributed by atoms with Crippen LogP contribution >= 0.6 is 0 Å². The summed E-state index contributed by atoms with van der Waals surface area (Å²) in [5, 5.41) is 6.82. The lowest BCUT2D eigenvalue weighted by Crippen LogP contribution is -2.49. The molecule has 0 amide bonds. The van der Waals surface area contributed by atoms with Gasteiger partial charge in [-0.25, -0.2) is 4.39 Å². The first-order valence-corrected chi connectivity index (χ1v) is 8.46. The highest BCUT2D eigenvalue weighted by molar-refractivity contribution is 5.79. The van der Waals surface area contributed by atoms with E-state index in [4.69, 9.17) is 0 Å². The summed E-state index contributed by atoms with van der Waals surface area (Å²) >= 11 is 0. The maximum Gasteiger partial charge on any atom is 0.191 e. The van der Waals surface area contributed by atoms with Crippen LogP contribution in [0.4, 0.5) is 4.39 Å². The number of likely N-dealkylation sites (tertiary alicyclic amines) is 1. The van der Waals surface area contributed by atoms with E-state index in [-0.39, 0.29) is 5.82 Å². The Morgan fingerprint density at radius 3 is 2.61 bits per heavy atom. The third kappa shape index (κ3) is 5.20. The zero-order chi connectivity index (χ0) is 16.8. The van der Waals surface area contributed by atoms with Gasteiger partial charge in [0.25, 0.3) is 0 Å². The van der Waals surface area contributed by atoms with Crippen molar-refractivity contribution in [2.45, 2.75) is 52.2 Å². The van der Waals surface area contributed by atoms with Gasteiger partial charge in [-0.15, -0.1) is 0 Å². The van der Waals surface area contributed by atoms with Gasteiger partial charge in [0.2, 0.25) is 0 Å². The molecule has 4 nitrogen and oxygen atoms in total. The van der Waals surface area contributed by atoms with Crippen LogP contribution in [0.25, 0.3) is 0 Å². The highest BCUT2D eigenvalue weighted by Crippen LogP contribution is 2.13. The van der Waals surface area contributed by atoms with Gasteiger partial charge in [0.05, 0.1) is 0 Å². The second kappa shape index (κ2) is 8.29. The van der Waals surface area contributed by atoms with Crippen LogP contribution in [0.15, 0.2) is 23.2 Å². The van der Waals surface area contributed by atoms with Gasteiger partial charge in [-0.2, -0.15) is 0 Å². The first kappa shape index (κ1) is 17.7. The molecule has 0 aliphatic carbocycles. The highest BCUT2D eigenvalue weighted by Gasteiger charge is 2.21. The summed E-state index contributed by atoms with van der Waals surface area (Å²) in [7, 11) is 1.79. The molecule has 1 saturated heterocycles. The predicted octanol–water partition coefficient (Wildman–Crippen LogP) is 2.67. The average molecular weight is 320 g/mol. The lowest BCUT2D eigenvalue weighted by Gasteiger charge is -2.35. The summed E-state index contributed by atoms with van der Waals surface area (Å²) in [6, 6.07) is 6.28. The SMILES string of the molecule is CN=C(NCc1ccc(F)c(C)c1)NC1CCN(C(C)C)CC1. The van der Waals surface area contributed by atoms with Crippen molar-refractivity contribution in [1.29, 1.82) is 0 Å². The quantitative estimate of drug-likeness (QED) is 0.662. The number of hydrogen-bond acceptors (Lipinski definition) is 2. The summed E-state index contributed by atoms with van der Waals surface area (Å²) in [5.41, 5.74) is 1.73. The number of nitrogens with one attached hydrogen (secondary N) is 2. The molecular weight excluding hydrogens is 291 g/mol. The van der Waals surface area contributed by atoms with E-state index in [2.05, 4.69) is 34.4 Å². The molecule has 0 spiro atoms. The minimum atomic E-state index is -0.159. The van der Waals surface area contributed by atoms with Crippen molar-refractivity contribution in [2.24, 2.45) is 4.99 Å². The first-order chi connectivity index (χ1) is 11.0. The number of hydrogen-bond donors (Lipinski definition) is 2. The molecule has 1 aromatic rings. The molecule has 0 bridgehead atoms. The van der Waals surface area contributed by atoms with Crippen LogP contribution in [0.3, 0.4) is 0 Å². The fraction of sp³-hybridized carbons (Fsp3) is 0.611. The van der Waals surface area contributed by atoms with Crippen molar-refractivity contribution in [2.75, 3.05) is 20.1 Å². The molecule has 128 valence electrons. The lowest BCUT2D eigenvalue weighted by molar-refractivity contribution is 0.167. The Morgan fingerprint density at radius 2 is 2.04 bits per heavy atom. The van der Waals surface area contributed by atoms with Crippen LogP contribution < -0.4 is 10.6 Å². The molecule has 0 aromatic heterocycles. The largest absolute Gasteiger partial charge is 0.354 e. The molecule has 1 fully saturated rings. The second-order valence-corrected chi connectivity index (χ2v) is 6.56. The van der Waals surface area contributed by atoms with Crippen molar-refractivity contribution in [3.63, 3.8) is 0 Å². The molecule has 0 unspecified atom stereocenters. The van der Waals surface area contributed by atoms with Gasteiger partial charge in [-0.1, -0.05) is 12.1 Å². The lowest BCUT2D eigenvalue weighted by atomic mass is 10.0. The number of piperidine rings is 1. The van der Waals surface area contributed by atoms with Gasteiger partial charge in [0.15, 0.2) is 5.96 Å². The molecule has 0 radical (unpaired) electrons. The van der Waals surface area contributed by atoms with Gasteiger partial charge in [-0.3, -0.25) is 4.99 Å². The standard InChI is InChI=1S/C18H29FN4/c1-13(2)23-9-7-16(8-10-23)22-18(20-4)21-12-15-5-6-17(19)14(3)11-15/h5-6,11,13,16H,7-10,12H2,1-4H3,(H2,20,21,22).